The van der Waals surface area contributed by atoms with Crippen LogP contribution in [0, 0.1) is 0 Å². The van der Waals surface area contributed by atoms with Gasteiger partial charge in [-0.2, -0.15) is 0 Å². The zero-order valence-corrected chi connectivity index (χ0v) is 11.2. The molecule has 0 aliphatic heterocycles. The van der Waals surface area contributed by atoms with E-state index in [9.17, 15) is 4.79 Å². The summed E-state index contributed by atoms with van der Waals surface area (Å²) in [6, 6.07) is 3.46. The third-order valence-corrected chi connectivity index (χ3v) is 2.55. The summed E-state index contributed by atoms with van der Waals surface area (Å²) in [5, 5.41) is 2.84. The minimum Gasteiger partial charge on any atom is -0.493 e. The summed E-state index contributed by atoms with van der Waals surface area (Å²) >= 11 is 0. The molecule has 0 aliphatic carbocycles. The number of ketones is 1. The van der Waals surface area contributed by atoms with Gasteiger partial charge in [-0.05, 0) is 24.7 Å². The van der Waals surface area contributed by atoms with Gasteiger partial charge in [0.05, 0.1) is 27.4 Å². The van der Waals surface area contributed by atoms with Crippen LogP contribution in [0.4, 0.5) is 0 Å². The molecule has 0 atom stereocenters. The third-order valence-electron chi connectivity index (χ3n) is 2.55. The lowest BCUT2D eigenvalue weighted by Crippen LogP contribution is -2.20. The van der Waals surface area contributed by atoms with Crippen LogP contribution in [0.15, 0.2) is 12.1 Å². The molecule has 0 radical (unpaired) electrons. The highest BCUT2D eigenvalue weighted by Crippen LogP contribution is 2.31. The molecular weight excluding hydrogens is 234 g/mol. The second-order valence-electron chi connectivity index (χ2n) is 3.75. The van der Waals surface area contributed by atoms with Crippen LogP contribution >= 0.6 is 0 Å². The number of hydrogen-bond donors (Lipinski definition) is 1. The van der Waals surface area contributed by atoms with Crippen molar-refractivity contribution in [3.05, 3.63) is 23.3 Å². The van der Waals surface area contributed by atoms with Crippen LogP contribution in [0.1, 0.15) is 15.9 Å². The van der Waals surface area contributed by atoms with Crippen LogP contribution in [0.5, 0.6) is 11.5 Å². The van der Waals surface area contributed by atoms with Crippen molar-refractivity contribution in [3.8, 4) is 11.5 Å². The highest BCUT2D eigenvalue weighted by Gasteiger charge is 2.16. The fourth-order valence-corrected chi connectivity index (χ4v) is 1.71. The molecule has 1 N–H and O–H groups in total. The van der Waals surface area contributed by atoms with Gasteiger partial charge in [0.15, 0.2) is 17.3 Å². The lowest BCUT2D eigenvalue weighted by molar-refractivity contribution is 0.0988. The monoisotopic (exact) mass is 253 g/mol. The number of hydrogen-bond acceptors (Lipinski definition) is 5. The number of ether oxygens (including phenoxy) is 3. The second-order valence-corrected chi connectivity index (χ2v) is 3.75. The van der Waals surface area contributed by atoms with E-state index in [1.807, 2.05) is 0 Å². The largest absolute Gasteiger partial charge is 0.493 e. The predicted molar refractivity (Wildman–Crippen MR) is 68.5 cm³/mol. The second kappa shape index (κ2) is 6.98. The number of rotatable bonds is 7. The molecule has 0 saturated carbocycles. The molecule has 5 heteroatoms. The number of carbonyl (C=O) groups is 1. The summed E-state index contributed by atoms with van der Waals surface area (Å²) in [4.78, 5) is 12.0. The maximum absolute atomic E-state index is 12.0. The van der Waals surface area contributed by atoms with E-state index in [4.69, 9.17) is 14.2 Å². The van der Waals surface area contributed by atoms with E-state index in [-0.39, 0.29) is 12.3 Å². The molecule has 18 heavy (non-hydrogen) atoms. The Balaban J connectivity index is 3.23. The highest BCUT2D eigenvalue weighted by atomic mass is 16.5. The molecule has 0 unspecified atom stereocenters. The van der Waals surface area contributed by atoms with Crippen molar-refractivity contribution >= 4 is 5.78 Å². The molecule has 5 nitrogen and oxygen atoms in total. The number of methoxy groups -OCH3 is 3. The lowest BCUT2D eigenvalue weighted by Gasteiger charge is -2.13. The van der Waals surface area contributed by atoms with Crippen molar-refractivity contribution in [2.45, 2.75) is 6.61 Å². The van der Waals surface area contributed by atoms with Gasteiger partial charge < -0.3 is 19.5 Å². The minimum absolute atomic E-state index is 0.00879. The Morgan fingerprint density at radius 1 is 1.17 bits per heavy atom. The van der Waals surface area contributed by atoms with Gasteiger partial charge in [0, 0.05) is 12.7 Å². The quantitative estimate of drug-likeness (QED) is 0.741. The van der Waals surface area contributed by atoms with Crippen LogP contribution in [-0.2, 0) is 11.3 Å². The maximum atomic E-state index is 12.0. The fourth-order valence-electron chi connectivity index (χ4n) is 1.71. The summed E-state index contributed by atoms with van der Waals surface area (Å²) < 4.78 is 15.5. The topological polar surface area (TPSA) is 56.8 Å². The molecule has 1 aromatic carbocycles. The molecular formula is C13H19NO4. The molecule has 0 spiro atoms. The first-order chi connectivity index (χ1) is 8.67. The molecule has 0 aromatic heterocycles. The van der Waals surface area contributed by atoms with E-state index in [1.165, 1.54) is 0 Å². The van der Waals surface area contributed by atoms with E-state index < -0.39 is 0 Å². The van der Waals surface area contributed by atoms with Crippen molar-refractivity contribution in [1.29, 1.82) is 0 Å². The van der Waals surface area contributed by atoms with Gasteiger partial charge in [-0.15, -0.1) is 0 Å². The first kappa shape index (κ1) is 14.5. The Hall–Kier alpha value is -1.59. The van der Waals surface area contributed by atoms with Gasteiger partial charge in [0.25, 0.3) is 0 Å². The zero-order chi connectivity index (χ0) is 13.5. The SMILES string of the molecule is CNCC(=O)c1cc(OC)c(OC)cc1COC. The fraction of sp³-hybridized carbons (Fsp3) is 0.462. The molecule has 0 heterocycles. The Morgan fingerprint density at radius 3 is 2.28 bits per heavy atom. The van der Waals surface area contributed by atoms with E-state index >= 15 is 0 Å². The smallest absolute Gasteiger partial charge is 0.177 e. The van der Waals surface area contributed by atoms with Gasteiger partial charge >= 0.3 is 0 Å². The number of Topliss-reactive ketones (excluding diaryl/α,β-unsaturated/α-hetero) is 1. The number of likely N-dealkylation sites (N-methyl/N-ethyl adjacent to an activating group) is 1. The Morgan fingerprint density at radius 2 is 1.78 bits per heavy atom. The molecule has 0 bridgehead atoms. The molecule has 1 rings (SSSR count). The standard InChI is InChI=1S/C13H19NO4/c1-14-7-11(15)10-6-13(18-4)12(17-3)5-9(10)8-16-2/h5-6,14H,7-8H2,1-4H3. The average molecular weight is 253 g/mol. The summed E-state index contributed by atoms with van der Waals surface area (Å²) in [6.07, 6.45) is 0. The van der Waals surface area contributed by atoms with Crippen molar-refractivity contribution in [2.75, 3.05) is 34.9 Å². The molecule has 1 aromatic rings. The van der Waals surface area contributed by atoms with E-state index in [0.717, 1.165) is 5.56 Å². The van der Waals surface area contributed by atoms with Crippen LogP contribution in [0.3, 0.4) is 0 Å². The molecule has 0 aliphatic rings. The predicted octanol–water partition coefficient (Wildman–Crippen LogP) is 1.25. The van der Waals surface area contributed by atoms with E-state index in [0.29, 0.717) is 23.7 Å². The zero-order valence-electron chi connectivity index (χ0n) is 11.2. The van der Waals surface area contributed by atoms with Crippen LogP contribution in [-0.4, -0.2) is 40.7 Å². The van der Waals surface area contributed by atoms with Gasteiger partial charge in [0.2, 0.25) is 0 Å². The van der Waals surface area contributed by atoms with Gasteiger partial charge in [-0.25, -0.2) is 0 Å². The number of carbonyl (C=O) groups excluding carboxylic acids is 1. The molecule has 0 amide bonds. The average Bonchev–Trinajstić information content (AvgIpc) is 2.38. The minimum atomic E-state index is -0.00879. The van der Waals surface area contributed by atoms with Gasteiger partial charge in [-0.1, -0.05) is 0 Å². The number of benzene rings is 1. The lowest BCUT2D eigenvalue weighted by atomic mass is 10.0. The summed E-state index contributed by atoms with van der Waals surface area (Å²) in [6.45, 7) is 0.622. The van der Waals surface area contributed by atoms with Gasteiger partial charge in [0.1, 0.15) is 0 Å². The van der Waals surface area contributed by atoms with Crippen molar-refractivity contribution in [1.82, 2.24) is 5.32 Å². The highest BCUT2D eigenvalue weighted by molar-refractivity contribution is 5.99. The van der Waals surface area contributed by atoms with Crippen molar-refractivity contribution in [3.63, 3.8) is 0 Å². The van der Waals surface area contributed by atoms with Crippen LogP contribution in [0.25, 0.3) is 0 Å². The Kier molecular flexibility index (Phi) is 5.61. The van der Waals surface area contributed by atoms with Gasteiger partial charge in [-0.3, -0.25) is 4.79 Å². The summed E-state index contributed by atoms with van der Waals surface area (Å²) in [5.41, 5.74) is 1.37. The van der Waals surface area contributed by atoms with Crippen molar-refractivity contribution < 1.29 is 19.0 Å². The van der Waals surface area contributed by atoms with Crippen LogP contribution < -0.4 is 14.8 Å². The van der Waals surface area contributed by atoms with E-state index in [1.54, 1.807) is 40.5 Å². The summed E-state index contributed by atoms with van der Waals surface area (Å²) in [5.74, 6) is 1.12. The third kappa shape index (κ3) is 3.21. The first-order valence-electron chi connectivity index (χ1n) is 5.59. The maximum Gasteiger partial charge on any atom is 0.177 e. The first-order valence-corrected chi connectivity index (χ1v) is 5.59. The van der Waals surface area contributed by atoms with E-state index in [2.05, 4.69) is 5.32 Å². The summed E-state index contributed by atoms with van der Waals surface area (Å²) in [7, 11) is 6.42. The Bertz CT molecular complexity index is 418. The normalized spacial score (nSPS) is 10.2. The molecule has 0 fully saturated rings. The Labute approximate surface area is 107 Å². The van der Waals surface area contributed by atoms with Crippen LogP contribution in [0.2, 0.25) is 0 Å². The molecule has 100 valence electrons. The molecule has 0 saturated heterocycles. The number of nitrogens with one attached hydrogen (secondary N) is 1. The van der Waals surface area contributed by atoms with Crippen molar-refractivity contribution in [2.24, 2.45) is 0 Å².